The molecule has 5 heterocycles. The van der Waals surface area contributed by atoms with E-state index in [1.165, 1.54) is 37.2 Å². The van der Waals surface area contributed by atoms with E-state index in [4.69, 9.17) is 19.3 Å². The van der Waals surface area contributed by atoms with Crippen LogP contribution in [-0.4, -0.2) is 120 Å². The summed E-state index contributed by atoms with van der Waals surface area (Å²) in [5.74, 6) is 1.11. The van der Waals surface area contributed by atoms with Gasteiger partial charge in [0, 0.05) is 66.7 Å². The molecule has 0 amide bonds. The van der Waals surface area contributed by atoms with Crippen LogP contribution in [0, 0.1) is 11.6 Å². The number of likely N-dealkylation sites (tertiary alicyclic amines) is 3. The molecule has 3 atom stereocenters. The zero-order valence-electron chi connectivity index (χ0n) is 36.3. The van der Waals surface area contributed by atoms with Crippen LogP contribution in [0.5, 0.6) is 11.5 Å². The van der Waals surface area contributed by atoms with Gasteiger partial charge in [-0.15, -0.1) is 0 Å². The highest BCUT2D eigenvalue weighted by molar-refractivity contribution is 5.38. The summed E-state index contributed by atoms with van der Waals surface area (Å²) >= 11 is 0. The van der Waals surface area contributed by atoms with Gasteiger partial charge < -0.3 is 19.3 Å². The first-order valence-electron chi connectivity index (χ1n) is 21.8. The molecular formula is C47H71F2N5O4. The lowest BCUT2D eigenvalue weighted by Crippen LogP contribution is -2.40. The van der Waals surface area contributed by atoms with Crippen LogP contribution >= 0.6 is 0 Å². The van der Waals surface area contributed by atoms with Gasteiger partial charge in [-0.25, -0.2) is 8.78 Å². The molecule has 1 N–H and O–H groups in total. The van der Waals surface area contributed by atoms with Gasteiger partial charge in [0.2, 0.25) is 0 Å². The number of rotatable bonds is 12. The average molecular weight is 808 g/mol. The predicted octanol–water partition coefficient (Wildman–Crippen LogP) is 8.84. The number of hydrogen-bond donors (Lipinski definition) is 1. The normalized spacial score (nSPS) is 22.2. The summed E-state index contributed by atoms with van der Waals surface area (Å²) in [5, 5.41) is 8.87. The van der Waals surface area contributed by atoms with Crippen molar-refractivity contribution in [3.8, 4) is 11.5 Å². The van der Waals surface area contributed by atoms with Gasteiger partial charge in [0.25, 0.3) is 0 Å². The van der Waals surface area contributed by atoms with Crippen LogP contribution in [0.15, 0.2) is 60.8 Å². The summed E-state index contributed by atoms with van der Waals surface area (Å²) in [6.07, 6.45) is 8.81. The van der Waals surface area contributed by atoms with Crippen LogP contribution in [0.3, 0.4) is 0 Å². The summed E-state index contributed by atoms with van der Waals surface area (Å²) in [6.45, 7) is 24.2. The van der Waals surface area contributed by atoms with Gasteiger partial charge >= 0.3 is 0 Å². The van der Waals surface area contributed by atoms with Crippen molar-refractivity contribution in [3.05, 3.63) is 89.2 Å². The molecule has 58 heavy (non-hydrogen) atoms. The van der Waals surface area contributed by atoms with Crippen molar-refractivity contribution in [2.75, 3.05) is 72.3 Å². The lowest BCUT2D eigenvalue weighted by Gasteiger charge is -2.36. The number of nitrogens with zero attached hydrogens (tertiary/aromatic N) is 5. The number of ether oxygens (including phenoxy) is 3. The maximum Gasteiger partial charge on any atom is 0.124 e. The van der Waals surface area contributed by atoms with Crippen LogP contribution in [0.1, 0.15) is 122 Å². The number of morpholine rings is 1. The summed E-state index contributed by atoms with van der Waals surface area (Å²) in [6, 6.07) is 17.7. The summed E-state index contributed by atoms with van der Waals surface area (Å²) in [7, 11) is 0. The van der Waals surface area contributed by atoms with E-state index in [0.29, 0.717) is 30.5 Å². The third-order valence-corrected chi connectivity index (χ3v) is 11.8. The number of aliphatic hydroxyl groups is 1. The molecule has 3 aromatic rings. The Bertz CT molecular complexity index is 1650. The van der Waals surface area contributed by atoms with Crippen LogP contribution < -0.4 is 9.47 Å². The largest absolute Gasteiger partial charge is 0.492 e. The first kappa shape index (κ1) is 45.9. The van der Waals surface area contributed by atoms with Gasteiger partial charge in [0.05, 0.1) is 31.6 Å². The molecule has 11 heteroatoms. The van der Waals surface area contributed by atoms with Crippen LogP contribution in [-0.2, 0) is 4.74 Å². The third kappa shape index (κ3) is 12.9. The smallest absolute Gasteiger partial charge is 0.124 e. The standard InChI is InChI=1S/C19H29FN2O2.C15H22FNO2.C13H20N2/c1-15(2)22-7-3-4-18(22)17-14-16(20)5-6-19(17)24-13-10-21-8-11-23-12-9-21;1-11(2)17-7-3-4-14(17)13-10-12(16)5-6-15(13)19-9-8-18;1-13(2,3)15-10-6-8-12(15)11-7-4-5-9-14-11/h5-6,14-15,18H,3-4,7-13H2,1-2H3;5-6,10-11,14,18H,3-4,7-9H2,1-2H3;4-5,7,9,12H,6,8,10H2,1-3H3. The molecule has 4 aliphatic rings. The maximum absolute atomic E-state index is 13.8. The van der Waals surface area contributed by atoms with Crippen molar-refractivity contribution >= 4 is 0 Å². The molecule has 322 valence electrons. The Kier molecular flexibility index (Phi) is 17.7. The molecule has 7 rings (SSSR count). The molecule has 0 bridgehead atoms. The molecule has 2 aromatic carbocycles. The van der Waals surface area contributed by atoms with Crippen molar-refractivity contribution in [3.63, 3.8) is 0 Å². The summed E-state index contributed by atoms with van der Waals surface area (Å²) in [5.41, 5.74) is 3.38. The van der Waals surface area contributed by atoms with Crippen LogP contribution in [0.2, 0.25) is 0 Å². The van der Waals surface area contributed by atoms with E-state index in [0.717, 1.165) is 88.5 Å². The Morgan fingerprint density at radius 3 is 1.76 bits per heavy atom. The van der Waals surface area contributed by atoms with E-state index < -0.39 is 0 Å². The molecule has 1 aromatic heterocycles. The maximum atomic E-state index is 13.8. The topological polar surface area (TPSA) is 73.8 Å². The lowest BCUT2D eigenvalue weighted by molar-refractivity contribution is 0.0321. The fourth-order valence-corrected chi connectivity index (χ4v) is 9.02. The zero-order valence-corrected chi connectivity index (χ0v) is 36.3. The number of aliphatic hydroxyl groups excluding tert-OH is 1. The number of aromatic nitrogens is 1. The van der Waals surface area contributed by atoms with E-state index in [1.807, 2.05) is 12.3 Å². The molecule has 4 saturated heterocycles. The molecule has 9 nitrogen and oxygen atoms in total. The molecule has 4 aliphatic heterocycles. The molecule has 0 saturated carbocycles. The number of benzene rings is 2. The molecule has 0 spiro atoms. The predicted molar refractivity (Wildman–Crippen MR) is 228 cm³/mol. The van der Waals surface area contributed by atoms with E-state index >= 15 is 0 Å². The van der Waals surface area contributed by atoms with Crippen molar-refractivity contribution in [2.45, 2.75) is 123 Å². The zero-order chi connectivity index (χ0) is 41.7. The van der Waals surface area contributed by atoms with Crippen LogP contribution in [0.25, 0.3) is 0 Å². The summed E-state index contributed by atoms with van der Waals surface area (Å²) in [4.78, 5) is 14.2. The minimum atomic E-state index is -0.234. The van der Waals surface area contributed by atoms with E-state index in [1.54, 1.807) is 24.3 Å². The number of halogens is 2. The Morgan fingerprint density at radius 1 is 0.724 bits per heavy atom. The lowest BCUT2D eigenvalue weighted by atomic mass is 10.0. The highest BCUT2D eigenvalue weighted by Gasteiger charge is 2.35. The second kappa shape index (κ2) is 22.4. The Morgan fingerprint density at radius 2 is 1.26 bits per heavy atom. The fourth-order valence-electron chi connectivity index (χ4n) is 9.02. The quantitative estimate of drug-likeness (QED) is 0.193. The van der Waals surface area contributed by atoms with E-state index in [9.17, 15) is 8.78 Å². The minimum absolute atomic E-state index is 0.0324. The molecule has 0 radical (unpaired) electrons. The van der Waals surface area contributed by atoms with Crippen LogP contribution in [0.4, 0.5) is 8.78 Å². The van der Waals surface area contributed by atoms with Gasteiger partial charge in [-0.1, -0.05) is 6.07 Å². The van der Waals surface area contributed by atoms with E-state index in [-0.39, 0.29) is 42.5 Å². The summed E-state index contributed by atoms with van der Waals surface area (Å²) < 4.78 is 44.3. The molecule has 0 aliphatic carbocycles. The average Bonchev–Trinajstić information content (AvgIpc) is 4.01. The second-order valence-corrected chi connectivity index (χ2v) is 17.5. The van der Waals surface area contributed by atoms with Crippen molar-refractivity contribution in [1.29, 1.82) is 0 Å². The highest BCUT2D eigenvalue weighted by Crippen LogP contribution is 2.40. The second-order valence-electron chi connectivity index (χ2n) is 17.5. The van der Waals surface area contributed by atoms with Gasteiger partial charge in [-0.3, -0.25) is 24.6 Å². The van der Waals surface area contributed by atoms with Crippen molar-refractivity contribution < 1.29 is 28.1 Å². The first-order chi connectivity index (χ1) is 27.9. The molecular weight excluding hydrogens is 737 g/mol. The third-order valence-electron chi connectivity index (χ3n) is 11.8. The minimum Gasteiger partial charge on any atom is -0.492 e. The monoisotopic (exact) mass is 808 g/mol. The Hall–Kier alpha value is -3.19. The Labute approximate surface area is 347 Å². The van der Waals surface area contributed by atoms with Gasteiger partial charge in [-0.05, 0) is 155 Å². The van der Waals surface area contributed by atoms with Gasteiger partial charge in [-0.2, -0.15) is 0 Å². The first-order valence-corrected chi connectivity index (χ1v) is 21.8. The molecule has 3 unspecified atom stereocenters. The number of pyridine rings is 1. The van der Waals surface area contributed by atoms with Crippen molar-refractivity contribution in [2.24, 2.45) is 0 Å². The Balaban J connectivity index is 0.000000170. The number of hydrogen-bond acceptors (Lipinski definition) is 9. The molecule has 4 fully saturated rings. The van der Waals surface area contributed by atoms with E-state index in [2.05, 4.69) is 85.2 Å². The highest BCUT2D eigenvalue weighted by atomic mass is 19.1. The van der Waals surface area contributed by atoms with Gasteiger partial charge in [0.1, 0.15) is 36.3 Å². The van der Waals surface area contributed by atoms with Gasteiger partial charge in [0.15, 0.2) is 0 Å². The fraction of sp³-hybridized carbons (Fsp3) is 0.638. The van der Waals surface area contributed by atoms with Crippen molar-refractivity contribution in [1.82, 2.24) is 24.6 Å². The SMILES string of the molecule is CC(C)(C)N1CCCC1c1ccccn1.CC(C)N1CCCC1c1cc(F)ccc1OCCN1CCOCC1.CC(C)N1CCCC1c1cc(F)ccc1OCCO.